The second kappa shape index (κ2) is 13.8. The number of aryl methyl sites for hydroxylation is 3. The topological polar surface area (TPSA) is 86.8 Å². The van der Waals surface area contributed by atoms with E-state index in [4.69, 9.17) is 11.6 Å². The molecule has 3 aromatic rings. The van der Waals surface area contributed by atoms with Crippen molar-refractivity contribution in [1.29, 1.82) is 0 Å². The van der Waals surface area contributed by atoms with Crippen molar-refractivity contribution < 1.29 is 18.0 Å². The van der Waals surface area contributed by atoms with Crippen LogP contribution in [0, 0.1) is 20.8 Å². The van der Waals surface area contributed by atoms with Crippen LogP contribution in [0.15, 0.2) is 71.6 Å². The summed E-state index contributed by atoms with van der Waals surface area (Å²) in [6.45, 7) is 9.47. The SMILES string of the molecule is CCCCNC(=O)[C@@H](C)N(Cc1ccc(Cl)cc1)C(=O)CN(c1cc(C)cc(C)c1)S(=O)(=O)c1ccc(C)cc1. The molecular weight excluding hydrogens is 546 g/mol. The highest BCUT2D eigenvalue weighted by atomic mass is 35.5. The number of amides is 2. The van der Waals surface area contributed by atoms with Gasteiger partial charge >= 0.3 is 0 Å². The van der Waals surface area contributed by atoms with Gasteiger partial charge in [0.1, 0.15) is 12.6 Å². The van der Waals surface area contributed by atoms with Gasteiger partial charge < -0.3 is 10.2 Å². The van der Waals surface area contributed by atoms with Crippen LogP contribution in [-0.4, -0.2) is 44.3 Å². The zero-order chi connectivity index (χ0) is 29.4. The summed E-state index contributed by atoms with van der Waals surface area (Å²) in [5.41, 5.74) is 3.81. The van der Waals surface area contributed by atoms with Gasteiger partial charge in [-0.1, -0.05) is 60.8 Å². The quantitative estimate of drug-likeness (QED) is 0.273. The lowest BCUT2D eigenvalue weighted by Crippen LogP contribution is -2.51. The fraction of sp³-hybridized carbons (Fsp3) is 0.355. The minimum atomic E-state index is -4.11. The van der Waals surface area contributed by atoms with E-state index in [-0.39, 0.29) is 17.3 Å². The molecule has 0 saturated carbocycles. The lowest BCUT2D eigenvalue weighted by Gasteiger charge is -2.32. The van der Waals surface area contributed by atoms with Crippen molar-refractivity contribution in [1.82, 2.24) is 10.2 Å². The van der Waals surface area contributed by atoms with E-state index < -0.39 is 28.5 Å². The first-order chi connectivity index (χ1) is 18.9. The first-order valence-corrected chi connectivity index (χ1v) is 15.2. The van der Waals surface area contributed by atoms with Crippen LogP contribution < -0.4 is 9.62 Å². The van der Waals surface area contributed by atoms with Gasteiger partial charge in [0.25, 0.3) is 10.0 Å². The molecule has 0 aliphatic heterocycles. The minimum Gasteiger partial charge on any atom is -0.354 e. The Morgan fingerprint density at radius 1 is 0.900 bits per heavy atom. The molecule has 0 fully saturated rings. The summed E-state index contributed by atoms with van der Waals surface area (Å²) in [7, 11) is -4.11. The summed E-state index contributed by atoms with van der Waals surface area (Å²) in [4.78, 5) is 28.5. The number of carbonyl (C=O) groups excluding carboxylic acids is 2. The molecule has 0 heterocycles. The number of sulfonamides is 1. The van der Waals surface area contributed by atoms with E-state index in [1.807, 2.05) is 33.8 Å². The zero-order valence-corrected chi connectivity index (χ0v) is 25.3. The molecule has 40 heavy (non-hydrogen) atoms. The van der Waals surface area contributed by atoms with Crippen molar-refractivity contribution in [3.05, 3.63) is 94.0 Å². The second-order valence-electron chi connectivity index (χ2n) is 10.1. The molecule has 1 N–H and O–H groups in total. The number of unbranched alkanes of at least 4 members (excludes halogenated alkanes) is 1. The summed E-state index contributed by atoms with van der Waals surface area (Å²) in [5.74, 6) is -0.793. The van der Waals surface area contributed by atoms with E-state index in [2.05, 4.69) is 5.32 Å². The van der Waals surface area contributed by atoms with E-state index >= 15 is 0 Å². The van der Waals surface area contributed by atoms with Crippen LogP contribution >= 0.6 is 11.6 Å². The molecule has 1 atom stereocenters. The second-order valence-corrected chi connectivity index (χ2v) is 12.4. The Morgan fingerprint density at radius 3 is 2.08 bits per heavy atom. The van der Waals surface area contributed by atoms with Gasteiger partial charge in [-0.15, -0.1) is 0 Å². The highest BCUT2D eigenvalue weighted by Gasteiger charge is 2.32. The fourth-order valence-corrected chi connectivity index (χ4v) is 5.89. The molecule has 2 amide bonds. The average Bonchev–Trinajstić information content (AvgIpc) is 2.90. The maximum atomic E-state index is 14.0. The predicted molar refractivity (Wildman–Crippen MR) is 161 cm³/mol. The first-order valence-electron chi connectivity index (χ1n) is 13.4. The van der Waals surface area contributed by atoms with E-state index in [0.717, 1.165) is 39.4 Å². The van der Waals surface area contributed by atoms with Gasteiger partial charge in [-0.3, -0.25) is 13.9 Å². The van der Waals surface area contributed by atoms with Crippen LogP contribution in [0.5, 0.6) is 0 Å². The monoisotopic (exact) mass is 583 g/mol. The van der Waals surface area contributed by atoms with Crippen LogP contribution in [0.2, 0.25) is 5.02 Å². The van der Waals surface area contributed by atoms with Gasteiger partial charge in [0.15, 0.2) is 0 Å². The molecule has 0 spiro atoms. The molecule has 0 saturated heterocycles. The molecule has 0 bridgehead atoms. The molecule has 0 radical (unpaired) electrons. The van der Waals surface area contributed by atoms with Crippen molar-refractivity contribution in [2.24, 2.45) is 0 Å². The summed E-state index contributed by atoms with van der Waals surface area (Å²) >= 11 is 6.06. The van der Waals surface area contributed by atoms with E-state index in [0.29, 0.717) is 17.3 Å². The maximum Gasteiger partial charge on any atom is 0.264 e. The Bertz CT molecular complexity index is 1400. The molecule has 9 heteroatoms. The highest BCUT2D eigenvalue weighted by Crippen LogP contribution is 2.27. The molecule has 214 valence electrons. The summed E-state index contributed by atoms with van der Waals surface area (Å²) in [6, 6.07) is 18.1. The van der Waals surface area contributed by atoms with Crippen LogP contribution in [0.1, 0.15) is 48.9 Å². The Labute approximate surface area is 243 Å². The Morgan fingerprint density at radius 2 is 1.50 bits per heavy atom. The smallest absolute Gasteiger partial charge is 0.264 e. The molecule has 3 aromatic carbocycles. The standard InChI is InChI=1S/C31H38ClN3O4S/c1-6-7-16-33-31(37)25(5)34(20-26-10-12-27(32)13-11-26)30(36)21-35(28-18-23(3)17-24(4)19-28)40(38,39)29-14-8-22(2)9-15-29/h8-15,17-19,25H,6-7,16,20-21H2,1-5H3,(H,33,37)/t25-/m1/s1. The number of anilines is 1. The van der Waals surface area contributed by atoms with Gasteiger partial charge in [-0.25, -0.2) is 8.42 Å². The normalized spacial score (nSPS) is 12.1. The minimum absolute atomic E-state index is 0.0830. The number of nitrogens with zero attached hydrogens (tertiary/aromatic N) is 2. The lowest BCUT2D eigenvalue weighted by atomic mass is 10.1. The number of nitrogens with one attached hydrogen (secondary N) is 1. The van der Waals surface area contributed by atoms with Gasteiger partial charge in [-0.05, 0) is 87.2 Å². The molecule has 7 nitrogen and oxygen atoms in total. The number of carbonyl (C=O) groups is 2. The third kappa shape index (κ3) is 8.08. The van der Waals surface area contributed by atoms with Crippen molar-refractivity contribution in [3.8, 4) is 0 Å². The Balaban J connectivity index is 2.03. The molecule has 0 aliphatic carbocycles. The maximum absolute atomic E-state index is 14.0. The van der Waals surface area contributed by atoms with Gasteiger partial charge in [0, 0.05) is 18.1 Å². The van der Waals surface area contributed by atoms with E-state index in [1.165, 1.54) is 4.90 Å². The number of halogens is 1. The highest BCUT2D eigenvalue weighted by molar-refractivity contribution is 7.92. The van der Waals surface area contributed by atoms with Gasteiger partial charge in [-0.2, -0.15) is 0 Å². The van der Waals surface area contributed by atoms with Gasteiger partial charge in [0.05, 0.1) is 10.6 Å². The molecule has 0 aliphatic rings. The third-order valence-corrected chi connectivity index (χ3v) is 8.69. The summed E-state index contributed by atoms with van der Waals surface area (Å²) in [5, 5.41) is 3.44. The van der Waals surface area contributed by atoms with Crippen molar-refractivity contribution in [2.75, 3.05) is 17.4 Å². The van der Waals surface area contributed by atoms with Crippen molar-refractivity contribution in [2.45, 2.75) is 64.9 Å². The van der Waals surface area contributed by atoms with Crippen LogP contribution in [0.4, 0.5) is 5.69 Å². The molecular formula is C31H38ClN3O4S. The summed E-state index contributed by atoms with van der Waals surface area (Å²) < 4.78 is 29.1. The fourth-order valence-electron chi connectivity index (χ4n) is 4.37. The molecule has 3 rings (SSSR count). The predicted octanol–water partition coefficient (Wildman–Crippen LogP) is 5.79. The number of hydrogen-bond acceptors (Lipinski definition) is 4. The number of benzene rings is 3. The summed E-state index contributed by atoms with van der Waals surface area (Å²) in [6.07, 6.45) is 1.74. The number of hydrogen-bond donors (Lipinski definition) is 1. The average molecular weight is 584 g/mol. The number of rotatable bonds is 12. The van der Waals surface area contributed by atoms with Gasteiger partial charge in [0.2, 0.25) is 11.8 Å². The molecule has 0 unspecified atom stereocenters. The van der Waals surface area contributed by atoms with Crippen LogP contribution in [-0.2, 0) is 26.2 Å². The van der Waals surface area contributed by atoms with E-state index in [1.54, 1.807) is 67.6 Å². The van der Waals surface area contributed by atoms with E-state index in [9.17, 15) is 18.0 Å². The lowest BCUT2D eigenvalue weighted by molar-refractivity contribution is -0.139. The van der Waals surface area contributed by atoms with Crippen molar-refractivity contribution in [3.63, 3.8) is 0 Å². The third-order valence-electron chi connectivity index (χ3n) is 6.65. The largest absolute Gasteiger partial charge is 0.354 e. The van der Waals surface area contributed by atoms with Crippen LogP contribution in [0.25, 0.3) is 0 Å². The Hall–Kier alpha value is -3.36. The van der Waals surface area contributed by atoms with Crippen LogP contribution in [0.3, 0.4) is 0 Å². The molecule has 0 aromatic heterocycles. The first kappa shape index (κ1) is 31.2. The van der Waals surface area contributed by atoms with Crippen molar-refractivity contribution >= 4 is 39.1 Å². The zero-order valence-electron chi connectivity index (χ0n) is 23.8. The Kier molecular flexibility index (Phi) is 10.8.